The lowest BCUT2D eigenvalue weighted by molar-refractivity contribution is 0.340. The molecule has 2 aliphatic heterocycles. The normalized spacial score (nSPS) is 25.1. The Kier molecular flexibility index (Phi) is 4.50. The molecule has 0 amide bonds. The van der Waals surface area contributed by atoms with Crippen molar-refractivity contribution in [2.24, 2.45) is 5.92 Å². The van der Waals surface area contributed by atoms with E-state index in [2.05, 4.69) is 22.2 Å². The highest BCUT2D eigenvalue weighted by Gasteiger charge is 2.35. The maximum atomic E-state index is 12.3. The van der Waals surface area contributed by atoms with E-state index in [1.807, 2.05) is 0 Å². The Morgan fingerprint density at radius 1 is 1.48 bits per heavy atom. The quantitative estimate of drug-likeness (QED) is 0.922. The highest BCUT2D eigenvalue weighted by molar-refractivity contribution is 6.33. The predicted octanol–water partition coefficient (Wildman–Crippen LogP) is 1.88. The summed E-state index contributed by atoms with van der Waals surface area (Å²) in [5.74, 6) is 0.664. The van der Waals surface area contributed by atoms with Crippen molar-refractivity contribution in [3.63, 3.8) is 0 Å². The Morgan fingerprint density at radius 3 is 3.10 bits per heavy atom. The summed E-state index contributed by atoms with van der Waals surface area (Å²) in [7, 11) is 0. The van der Waals surface area contributed by atoms with Crippen molar-refractivity contribution in [3.05, 3.63) is 21.6 Å². The van der Waals surface area contributed by atoms with E-state index in [1.165, 1.54) is 17.5 Å². The summed E-state index contributed by atoms with van der Waals surface area (Å²) in [5.41, 5.74) is 0.635. The molecule has 0 unspecified atom stereocenters. The molecule has 0 saturated carbocycles. The molecular weight excluding hydrogens is 288 g/mol. The second kappa shape index (κ2) is 6.36. The van der Waals surface area contributed by atoms with E-state index in [9.17, 15) is 4.79 Å². The molecule has 3 heterocycles. The molecule has 1 aromatic rings. The van der Waals surface area contributed by atoms with E-state index in [0.717, 1.165) is 38.2 Å². The molecule has 0 bridgehead atoms. The average molecular weight is 311 g/mol. The first-order chi connectivity index (χ1) is 10.2. The van der Waals surface area contributed by atoms with Crippen LogP contribution in [0.2, 0.25) is 5.02 Å². The van der Waals surface area contributed by atoms with Gasteiger partial charge in [0, 0.05) is 25.7 Å². The number of aryl methyl sites for hydroxylation is 1. The van der Waals surface area contributed by atoms with Crippen LogP contribution in [0.25, 0.3) is 0 Å². The summed E-state index contributed by atoms with van der Waals surface area (Å²) in [6.45, 7) is 5.73. The highest BCUT2D eigenvalue weighted by atomic mass is 35.5. The average Bonchev–Trinajstić information content (AvgIpc) is 2.92. The minimum absolute atomic E-state index is 0.162. The van der Waals surface area contributed by atoms with Crippen molar-refractivity contribution < 1.29 is 0 Å². The van der Waals surface area contributed by atoms with Crippen molar-refractivity contribution in [2.75, 3.05) is 24.5 Å². The molecule has 2 aliphatic rings. The van der Waals surface area contributed by atoms with E-state index < -0.39 is 0 Å². The van der Waals surface area contributed by atoms with E-state index in [4.69, 9.17) is 11.6 Å². The SMILES string of the molecule is CCCCn1ncc(N2C[C@@H]3CCCN[C@@H]3C2)c(Cl)c1=O. The molecule has 1 aromatic heterocycles. The van der Waals surface area contributed by atoms with E-state index in [0.29, 0.717) is 23.5 Å². The topological polar surface area (TPSA) is 50.2 Å². The third-order valence-corrected chi connectivity index (χ3v) is 4.99. The molecule has 0 aliphatic carbocycles. The van der Waals surface area contributed by atoms with Crippen LogP contribution in [0.5, 0.6) is 0 Å². The number of halogens is 1. The van der Waals surface area contributed by atoms with Crippen LogP contribution >= 0.6 is 11.6 Å². The Labute approximate surface area is 130 Å². The van der Waals surface area contributed by atoms with Gasteiger partial charge in [0.1, 0.15) is 5.02 Å². The van der Waals surface area contributed by atoms with E-state index in [-0.39, 0.29) is 5.56 Å². The molecule has 0 spiro atoms. The lowest BCUT2D eigenvalue weighted by atomic mass is 9.94. The maximum Gasteiger partial charge on any atom is 0.287 e. The number of piperidine rings is 1. The molecule has 3 rings (SSSR count). The molecule has 2 atom stereocenters. The van der Waals surface area contributed by atoms with Gasteiger partial charge in [0.15, 0.2) is 0 Å². The van der Waals surface area contributed by atoms with Crippen molar-refractivity contribution in [2.45, 2.75) is 45.2 Å². The van der Waals surface area contributed by atoms with Crippen LogP contribution in [0.15, 0.2) is 11.0 Å². The summed E-state index contributed by atoms with van der Waals surface area (Å²) in [4.78, 5) is 14.5. The number of hydrogen-bond donors (Lipinski definition) is 1. The number of unbranched alkanes of at least 4 members (excludes halogenated alkanes) is 1. The minimum Gasteiger partial charge on any atom is -0.367 e. The largest absolute Gasteiger partial charge is 0.367 e. The number of rotatable bonds is 4. The summed E-state index contributed by atoms with van der Waals surface area (Å²) in [6, 6.07) is 0.525. The molecule has 0 radical (unpaired) electrons. The zero-order chi connectivity index (χ0) is 14.8. The number of fused-ring (bicyclic) bond motifs is 1. The van der Waals surface area contributed by atoms with Crippen molar-refractivity contribution in [3.8, 4) is 0 Å². The standard InChI is InChI=1S/C15H23ClN4O/c1-2-3-7-20-15(21)14(16)13(8-18-20)19-9-11-5-4-6-17-12(11)10-19/h8,11-12,17H,2-7,9-10H2,1H3/t11-,12+/m0/s1. The first-order valence-electron chi connectivity index (χ1n) is 7.94. The Morgan fingerprint density at radius 2 is 2.33 bits per heavy atom. The molecule has 116 valence electrons. The van der Waals surface area contributed by atoms with Gasteiger partial charge in [-0.2, -0.15) is 5.10 Å². The third kappa shape index (κ3) is 2.94. The van der Waals surface area contributed by atoms with Gasteiger partial charge in [0.25, 0.3) is 5.56 Å². The van der Waals surface area contributed by atoms with Gasteiger partial charge in [0.2, 0.25) is 0 Å². The van der Waals surface area contributed by atoms with E-state index in [1.54, 1.807) is 6.20 Å². The monoisotopic (exact) mass is 310 g/mol. The van der Waals surface area contributed by atoms with Crippen LogP contribution < -0.4 is 15.8 Å². The first kappa shape index (κ1) is 14.9. The summed E-state index contributed by atoms with van der Waals surface area (Å²) >= 11 is 6.32. The van der Waals surface area contributed by atoms with E-state index >= 15 is 0 Å². The fourth-order valence-corrected chi connectivity index (χ4v) is 3.65. The Balaban J connectivity index is 1.80. The molecule has 2 fully saturated rings. The van der Waals surface area contributed by atoms with Crippen molar-refractivity contribution in [1.29, 1.82) is 0 Å². The van der Waals surface area contributed by atoms with Gasteiger partial charge >= 0.3 is 0 Å². The van der Waals surface area contributed by atoms with Crippen LogP contribution in [0.3, 0.4) is 0 Å². The van der Waals surface area contributed by atoms with Crippen LogP contribution in [-0.2, 0) is 6.54 Å². The summed E-state index contributed by atoms with van der Waals surface area (Å²) < 4.78 is 1.48. The fraction of sp³-hybridized carbons (Fsp3) is 0.733. The zero-order valence-corrected chi connectivity index (χ0v) is 13.3. The zero-order valence-electron chi connectivity index (χ0n) is 12.5. The van der Waals surface area contributed by atoms with Gasteiger partial charge in [-0.05, 0) is 31.7 Å². The molecular formula is C15H23ClN4O. The number of anilines is 1. The Bertz CT molecular complexity index is 545. The molecule has 2 saturated heterocycles. The lowest BCUT2D eigenvalue weighted by Gasteiger charge is -2.24. The Hall–Kier alpha value is -1.07. The number of nitrogens with zero attached hydrogens (tertiary/aromatic N) is 3. The van der Waals surface area contributed by atoms with Crippen LogP contribution in [-0.4, -0.2) is 35.5 Å². The van der Waals surface area contributed by atoms with Crippen LogP contribution in [0, 0.1) is 5.92 Å². The molecule has 5 nitrogen and oxygen atoms in total. The van der Waals surface area contributed by atoms with Gasteiger partial charge in [-0.1, -0.05) is 24.9 Å². The lowest BCUT2D eigenvalue weighted by Crippen LogP contribution is -2.40. The van der Waals surface area contributed by atoms with Gasteiger partial charge in [-0.25, -0.2) is 4.68 Å². The van der Waals surface area contributed by atoms with Crippen molar-refractivity contribution >= 4 is 17.3 Å². The number of nitrogens with one attached hydrogen (secondary N) is 1. The predicted molar refractivity (Wildman–Crippen MR) is 85.1 cm³/mol. The van der Waals surface area contributed by atoms with Gasteiger partial charge in [0.05, 0.1) is 11.9 Å². The molecule has 1 N–H and O–H groups in total. The summed E-state index contributed by atoms with van der Waals surface area (Å²) in [5, 5.41) is 8.18. The second-order valence-corrected chi connectivity index (χ2v) is 6.47. The smallest absolute Gasteiger partial charge is 0.287 e. The summed E-state index contributed by atoms with van der Waals surface area (Å²) in [6.07, 6.45) is 6.23. The van der Waals surface area contributed by atoms with Crippen molar-refractivity contribution in [1.82, 2.24) is 15.1 Å². The van der Waals surface area contributed by atoms with Crippen LogP contribution in [0.1, 0.15) is 32.6 Å². The third-order valence-electron chi connectivity index (χ3n) is 4.63. The molecule has 6 heteroatoms. The first-order valence-corrected chi connectivity index (χ1v) is 8.32. The minimum atomic E-state index is -0.162. The fourth-order valence-electron chi connectivity index (χ4n) is 3.39. The van der Waals surface area contributed by atoms with Crippen LogP contribution in [0.4, 0.5) is 5.69 Å². The van der Waals surface area contributed by atoms with Gasteiger partial charge in [-0.15, -0.1) is 0 Å². The second-order valence-electron chi connectivity index (χ2n) is 6.09. The molecule has 0 aromatic carbocycles. The van der Waals surface area contributed by atoms with Gasteiger partial charge in [-0.3, -0.25) is 4.79 Å². The maximum absolute atomic E-state index is 12.3. The van der Waals surface area contributed by atoms with Gasteiger partial charge < -0.3 is 10.2 Å². The molecule has 21 heavy (non-hydrogen) atoms. The highest BCUT2D eigenvalue weighted by Crippen LogP contribution is 2.31. The number of hydrogen-bond acceptors (Lipinski definition) is 4. The number of aromatic nitrogens is 2.